The van der Waals surface area contributed by atoms with E-state index >= 15 is 0 Å². The number of nitrogens with zero attached hydrogens (tertiary/aromatic N) is 2. The first-order chi connectivity index (χ1) is 17.5. The summed E-state index contributed by atoms with van der Waals surface area (Å²) in [6.45, 7) is 10.2. The molecule has 4 aromatic rings. The number of hydrogen-bond donors (Lipinski definition) is 1. The molecular weight excluding hydrogens is 516 g/mol. The van der Waals surface area contributed by atoms with Crippen LogP contribution in [0.25, 0.3) is 0 Å². The van der Waals surface area contributed by atoms with Crippen LogP contribution >= 0.6 is 23.2 Å². The van der Waals surface area contributed by atoms with Crippen molar-refractivity contribution in [1.29, 1.82) is 0 Å². The van der Waals surface area contributed by atoms with Gasteiger partial charge in [-0.15, -0.1) is 0 Å². The number of carbonyl (C=O) groups is 1. The number of halogens is 3. The number of aryl methyl sites for hydroxylation is 2. The Kier molecular flexibility index (Phi) is 7.95. The van der Waals surface area contributed by atoms with Crippen LogP contribution in [0.15, 0.2) is 46.9 Å². The van der Waals surface area contributed by atoms with Crippen molar-refractivity contribution >= 4 is 34.8 Å². The van der Waals surface area contributed by atoms with Crippen molar-refractivity contribution < 1.29 is 18.3 Å². The number of anilines is 1. The Morgan fingerprint density at radius 1 is 1.11 bits per heavy atom. The van der Waals surface area contributed by atoms with Crippen LogP contribution in [0.5, 0.6) is 5.75 Å². The van der Waals surface area contributed by atoms with Gasteiger partial charge in [0.05, 0.1) is 23.6 Å². The summed E-state index contributed by atoms with van der Waals surface area (Å²) in [5, 5.41) is 8.41. The SMILES string of the molecule is Cc1cc(OCc2ccc(C(=O)Nc3c(C)nn(Cc4ccc(F)cc4Cl)c3C)o2)c(C(C)C)cc1Cl. The Labute approximate surface area is 225 Å². The van der Waals surface area contributed by atoms with Crippen molar-refractivity contribution in [1.82, 2.24) is 9.78 Å². The van der Waals surface area contributed by atoms with Gasteiger partial charge in [0.1, 0.15) is 23.9 Å². The summed E-state index contributed by atoms with van der Waals surface area (Å²) in [7, 11) is 0. The fourth-order valence-electron chi connectivity index (χ4n) is 3.99. The number of furan rings is 1. The Bertz CT molecular complexity index is 1460. The second-order valence-electron chi connectivity index (χ2n) is 9.24. The van der Waals surface area contributed by atoms with Crippen molar-refractivity contribution in [3.63, 3.8) is 0 Å². The molecule has 0 atom stereocenters. The topological polar surface area (TPSA) is 69.3 Å². The molecule has 4 rings (SSSR count). The van der Waals surface area contributed by atoms with Gasteiger partial charge in [0.2, 0.25) is 0 Å². The average molecular weight is 544 g/mol. The van der Waals surface area contributed by atoms with E-state index in [-0.39, 0.29) is 18.3 Å². The molecule has 1 N–H and O–H groups in total. The molecule has 1 amide bonds. The monoisotopic (exact) mass is 543 g/mol. The highest BCUT2D eigenvalue weighted by molar-refractivity contribution is 6.31. The molecule has 2 heterocycles. The highest BCUT2D eigenvalue weighted by atomic mass is 35.5. The first-order valence-corrected chi connectivity index (χ1v) is 12.6. The van der Waals surface area contributed by atoms with E-state index in [0.717, 1.165) is 28.1 Å². The summed E-state index contributed by atoms with van der Waals surface area (Å²) >= 11 is 12.5. The number of ether oxygens (including phenoxy) is 1. The van der Waals surface area contributed by atoms with E-state index in [4.69, 9.17) is 32.4 Å². The fraction of sp³-hybridized carbons (Fsp3) is 0.286. The standard InChI is InChI=1S/C28H28Cl2FN3O3/c1-15(2)22-12-23(29)16(3)10-26(22)36-14-21-8-9-25(37-21)28(35)32-27-17(4)33-34(18(27)5)13-19-6-7-20(31)11-24(19)30/h6-12,15H,13-14H2,1-5H3,(H,32,35). The summed E-state index contributed by atoms with van der Waals surface area (Å²) < 4.78 is 26.9. The third-order valence-corrected chi connectivity index (χ3v) is 6.88. The van der Waals surface area contributed by atoms with Gasteiger partial charge in [0, 0.05) is 10.0 Å². The minimum Gasteiger partial charge on any atom is -0.485 e. The molecule has 0 saturated carbocycles. The van der Waals surface area contributed by atoms with Gasteiger partial charge in [-0.25, -0.2) is 4.39 Å². The third kappa shape index (κ3) is 6.00. The van der Waals surface area contributed by atoms with Crippen molar-refractivity contribution in [2.75, 3.05) is 5.32 Å². The van der Waals surface area contributed by atoms with Crippen LogP contribution in [0, 0.1) is 26.6 Å². The second-order valence-corrected chi connectivity index (χ2v) is 10.1. The van der Waals surface area contributed by atoms with Crippen LogP contribution in [-0.4, -0.2) is 15.7 Å². The summed E-state index contributed by atoms with van der Waals surface area (Å²) in [6, 6.07) is 11.4. The molecule has 0 radical (unpaired) electrons. The summed E-state index contributed by atoms with van der Waals surface area (Å²) in [5.41, 5.74) is 4.60. The Hall–Kier alpha value is -3.29. The number of carbonyl (C=O) groups excluding carboxylic acids is 1. The largest absolute Gasteiger partial charge is 0.485 e. The molecule has 2 aromatic heterocycles. The third-order valence-electron chi connectivity index (χ3n) is 6.12. The molecule has 0 aliphatic rings. The zero-order chi connectivity index (χ0) is 26.9. The van der Waals surface area contributed by atoms with Crippen molar-refractivity contribution in [3.05, 3.63) is 97.9 Å². The van der Waals surface area contributed by atoms with Gasteiger partial charge >= 0.3 is 0 Å². The molecule has 37 heavy (non-hydrogen) atoms. The first kappa shape index (κ1) is 26.8. The smallest absolute Gasteiger partial charge is 0.291 e. The summed E-state index contributed by atoms with van der Waals surface area (Å²) in [5.74, 6) is 0.839. The minimum atomic E-state index is -0.401. The normalized spacial score (nSPS) is 11.3. The molecular formula is C28H28Cl2FN3O3. The number of hydrogen-bond acceptors (Lipinski definition) is 4. The maximum atomic E-state index is 13.4. The van der Waals surface area contributed by atoms with Gasteiger partial charge in [0.15, 0.2) is 5.76 Å². The fourth-order valence-corrected chi connectivity index (χ4v) is 4.39. The lowest BCUT2D eigenvalue weighted by molar-refractivity contribution is 0.0992. The van der Waals surface area contributed by atoms with Gasteiger partial charge in [-0.1, -0.05) is 43.1 Å². The predicted molar refractivity (Wildman–Crippen MR) is 143 cm³/mol. The van der Waals surface area contributed by atoms with Crippen molar-refractivity contribution in [2.45, 2.75) is 53.7 Å². The molecule has 6 nitrogen and oxygen atoms in total. The Morgan fingerprint density at radius 3 is 2.57 bits per heavy atom. The van der Waals surface area contributed by atoms with E-state index in [1.54, 1.807) is 29.8 Å². The first-order valence-electron chi connectivity index (χ1n) is 11.8. The maximum Gasteiger partial charge on any atom is 0.291 e. The molecule has 0 fully saturated rings. The van der Waals surface area contributed by atoms with Crippen LogP contribution in [0.2, 0.25) is 10.0 Å². The molecule has 9 heteroatoms. The maximum absolute atomic E-state index is 13.4. The molecule has 0 bridgehead atoms. The van der Waals surface area contributed by atoms with E-state index < -0.39 is 11.7 Å². The molecule has 0 aliphatic carbocycles. The van der Waals surface area contributed by atoms with E-state index in [1.165, 1.54) is 12.1 Å². The molecule has 0 spiro atoms. The Morgan fingerprint density at radius 2 is 1.86 bits per heavy atom. The lowest BCUT2D eigenvalue weighted by Crippen LogP contribution is -2.12. The van der Waals surface area contributed by atoms with Crippen LogP contribution in [0.3, 0.4) is 0 Å². The molecule has 2 aromatic carbocycles. The summed E-state index contributed by atoms with van der Waals surface area (Å²) in [6.07, 6.45) is 0. The molecule has 0 aliphatic heterocycles. The zero-order valence-corrected chi connectivity index (χ0v) is 22.8. The molecule has 0 saturated heterocycles. The lowest BCUT2D eigenvalue weighted by Gasteiger charge is -2.15. The van der Waals surface area contributed by atoms with Gasteiger partial charge in [-0.3, -0.25) is 9.48 Å². The van der Waals surface area contributed by atoms with Gasteiger partial charge < -0.3 is 14.5 Å². The van der Waals surface area contributed by atoms with E-state index in [1.807, 2.05) is 26.0 Å². The Balaban J connectivity index is 1.45. The second kappa shape index (κ2) is 11.0. The number of nitrogens with one attached hydrogen (secondary N) is 1. The van der Waals surface area contributed by atoms with Crippen molar-refractivity contribution in [3.8, 4) is 5.75 Å². The predicted octanol–water partition coefficient (Wildman–Crippen LogP) is 7.85. The minimum absolute atomic E-state index is 0.156. The highest BCUT2D eigenvalue weighted by Crippen LogP contribution is 2.32. The number of benzene rings is 2. The average Bonchev–Trinajstić information content (AvgIpc) is 3.41. The van der Waals surface area contributed by atoms with Gasteiger partial charge in [-0.05, 0) is 79.8 Å². The number of aromatic nitrogens is 2. The zero-order valence-electron chi connectivity index (χ0n) is 21.3. The summed E-state index contributed by atoms with van der Waals surface area (Å²) in [4.78, 5) is 12.9. The van der Waals surface area contributed by atoms with Gasteiger partial charge in [-0.2, -0.15) is 5.10 Å². The van der Waals surface area contributed by atoms with E-state index in [9.17, 15) is 9.18 Å². The number of rotatable bonds is 8. The lowest BCUT2D eigenvalue weighted by atomic mass is 10.0. The van der Waals surface area contributed by atoms with E-state index in [2.05, 4.69) is 24.3 Å². The quantitative estimate of drug-likeness (QED) is 0.245. The number of amides is 1. The van der Waals surface area contributed by atoms with Crippen molar-refractivity contribution in [2.24, 2.45) is 0 Å². The van der Waals surface area contributed by atoms with E-state index in [0.29, 0.717) is 33.7 Å². The van der Waals surface area contributed by atoms with Crippen LogP contribution in [-0.2, 0) is 13.2 Å². The van der Waals surface area contributed by atoms with Crippen LogP contribution in [0.1, 0.15) is 64.2 Å². The van der Waals surface area contributed by atoms with Gasteiger partial charge in [0.25, 0.3) is 5.91 Å². The van der Waals surface area contributed by atoms with Crippen LogP contribution < -0.4 is 10.1 Å². The molecule has 0 unspecified atom stereocenters. The van der Waals surface area contributed by atoms with Crippen LogP contribution in [0.4, 0.5) is 10.1 Å². The highest BCUT2D eigenvalue weighted by Gasteiger charge is 2.19. The molecule has 194 valence electrons.